The zero-order valence-corrected chi connectivity index (χ0v) is 8.10. The van der Waals surface area contributed by atoms with Gasteiger partial charge < -0.3 is 0 Å². The number of fused-ring (bicyclic) bond motifs is 1. The Kier molecular flexibility index (Phi) is 1.96. The van der Waals surface area contributed by atoms with Gasteiger partial charge >= 0.3 is 0 Å². The molecule has 0 nitrogen and oxygen atoms in total. The minimum Gasteiger partial charge on any atom is -0.143 e. The fourth-order valence-electron chi connectivity index (χ4n) is 1.19. The van der Waals surface area contributed by atoms with Crippen molar-refractivity contribution in [3.8, 4) is 0 Å². The molecule has 2 aromatic rings. The van der Waals surface area contributed by atoms with Crippen molar-refractivity contribution in [3.63, 3.8) is 0 Å². The Bertz CT molecular complexity index is 314. The molecule has 0 spiro atoms. The molecular weight excluding hydrogens is 172 g/mol. The normalized spacial score (nSPS) is 11.0. The summed E-state index contributed by atoms with van der Waals surface area (Å²) >= 11 is 3.78. The van der Waals surface area contributed by atoms with E-state index in [9.17, 15) is 0 Å². The van der Waals surface area contributed by atoms with Crippen molar-refractivity contribution >= 4 is 32.1 Å². The van der Waals surface area contributed by atoms with E-state index in [0.717, 1.165) is 0 Å². The van der Waals surface area contributed by atoms with Crippen LogP contribution in [0, 0.1) is 0 Å². The molecule has 0 unspecified atom stereocenters. The first-order chi connectivity index (χ1) is 5.40. The van der Waals surface area contributed by atoms with Crippen molar-refractivity contribution in [1.82, 2.24) is 0 Å². The molecule has 2 aromatic heterocycles. The van der Waals surface area contributed by atoms with Crippen LogP contribution >= 0.6 is 22.7 Å². The molecule has 0 aliphatic heterocycles. The molecule has 0 saturated heterocycles. The van der Waals surface area contributed by atoms with Crippen molar-refractivity contribution in [1.29, 1.82) is 0 Å². The minimum atomic E-state index is 1.24. The van der Waals surface area contributed by atoms with Gasteiger partial charge in [0.05, 0.1) is 0 Å². The fraction of sp³-hybridized carbons (Fsp3) is 0.333. The molecule has 0 bridgehead atoms. The van der Waals surface area contributed by atoms with E-state index < -0.39 is 0 Å². The monoisotopic (exact) mass is 182 g/mol. The smallest absolute Gasteiger partial charge is 0.0453 e. The number of hydrogen-bond donors (Lipinski definition) is 0. The van der Waals surface area contributed by atoms with Crippen LogP contribution in [-0.4, -0.2) is 0 Å². The van der Waals surface area contributed by atoms with Crippen LogP contribution in [-0.2, 0) is 6.42 Å². The van der Waals surface area contributed by atoms with Crippen molar-refractivity contribution in [2.24, 2.45) is 0 Å². The highest BCUT2D eigenvalue weighted by Crippen LogP contribution is 2.30. The summed E-state index contributed by atoms with van der Waals surface area (Å²) in [5, 5.41) is 2.16. The zero-order valence-electron chi connectivity index (χ0n) is 6.46. The van der Waals surface area contributed by atoms with E-state index in [1.54, 1.807) is 0 Å². The fourth-order valence-corrected chi connectivity index (χ4v) is 3.42. The average Bonchev–Trinajstić information content (AvgIpc) is 2.46. The molecule has 58 valence electrons. The highest BCUT2D eigenvalue weighted by atomic mass is 32.1. The van der Waals surface area contributed by atoms with Gasteiger partial charge in [-0.05, 0) is 23.9 Å². The lowest BCUT2D eigenvalue weighted by Gasteiger charge is -1.86. The number of thiophene rings is 2. The van der Waals surface area contributed by atoms with Gasteiger partial charge in [0.2, 0.25) is 0 Å². The summed E-state index contributed by atoms with van der Waals surface area (Å²) in [6.07, 6.45) is 2.50. The predicted molar refractivity (Wildman–Crippen MR) is 53.7 cm³/mol. The number of aryl methyl sites for hydroxylation is 1. The summed E-state index contributed by atoms with van der Waals surface area (Å²) < 4.78 is 2.91. The van der Waals surface area contributed by atoms with Gasteiger partial charge in [-0.3, -0.25) is 0 Å². The maximum absolute atomic E-state index is 2.33. The Hall–Kier alpha value is -0.340. The minimum absolute atomic E-state index is 1.24. The summed E-state index contributed by atoms with van der Waals surface area (Å²) in [6.45, 7) is 2.23. The summed E-state index contributed by atoms with van der Waals surface area (Å²) in [6, 6.07) is 4.54. The molecule has 0 radical (unpaired) electrons. The second-order valence-corrected chi connectivity index (χ2v) is 4.73. The second-order valence-electron chi connectivity index (χ2n) is 2.61. The predicted octanol–water partition coefficient (Wildman–Crippen LogP) is 3.92. The van der Waals surface area contributed by atoms with Crippen LogP contribution in [0.4, 0.5) is 0 Å². The van der Waals surface area contributed by atoms with Crippen LogP contribution in [0.2, 0.25) is 0 Å². The third kappa shape index (κ3) is 1.33. The Morgan fingerprint density at radius 2 is 2.27 bits per heavy atom. The molecule has 0 aromatic carbocycles. The van der Waals surface area contributed by atoms with Crippen molar-refractivity contribution in [2.75, 3.05) is 0 Å². The van der Waals surface area contributed by atoms with Gasteiger partial charge in [0.15, 0.2) is 0 Å². The van der Waals surface area contributed by atoms with Crippen LogP contribution in [0.5, 0.6) is 0 Å². The SMILES string of the molecule is CCCc1cc2sccc2s1. The maximum atomic E-state index is 2.33. The van der Waals surface area contributed by atoms with E-state index in [-0.39, 0.29) is 0 Å². The first-order valence-corrected chi connectivity index (χ1v) is 5.55. The van der Waals surface area contributed by atoms with Gasteiger partial charge in [-0.25, -0.2) is 0 Å². The van der Waals surface area contributed by atoms with E-state index in [4.69, 9.17) is 0 Å². The van der Waals surface area contributed by atoms with E-state index in [1.807, 2.05) is 22.7 Å². The van der Waals surface area contributed by atoms with E-state index in [0.29, 0.717) is 0 Å². The molecule has 2 rings (SSSR count). The summed E-state index contributed by atoms with van der Waals surface area (Å²) in [4.78, 5) is 1.54. The molecule has 2 heteroatoms. The third-order valence-corrected chi connectivity index (χ3v) is 3.84. The molecule has 0 saturated carbocycles. The lowest BCUT2D eigenvalue weighted by molar-refractivity contribution is 0.941. The van der Waals surface area contributed by atoms with Gasteiger partial charge in [-0.2, -0.15) is 0 Å². The lowest BCUT2D eigenvalue weighted by Crippen LogP contribution is -1.71. The standard InChI is InChI=1S/C9H10S2/c1-2-3-7-6-9-8(11-7)4-5-10-9/h4-6H,2-3H2,1H3. The van der Waals surface area contributed by atoms with Gasteiger partial charge in [-0.15, -0.1) is 22.7 Å². The highest BCUT2D eigenvalue weighted by molar-refractivity contribution is 7.26. The molecule has 0 amide bonds. The highest BCUT2D eigenvalue weighted by Gasteiger charge is 2.00. The van der Waals surface area contributed by atoms with E-state index in [2.05, 4.69) is 24.4 Å². The van der Waals surface area contributed by atoms with Crippen molar-refractivity contribution < 1.29 is 0 Å². The first kappa shape index (κ1) is 7.32. The largest absolute Gasteiger partial charge is 0.143 e. The summed E-state index contributed by atoms with van der Waals surface area (Å²) in [7, 11) is 0. The zero-order chi connectivity index (χ0) is 7.68. The molecule has 0 fully saturated rings. The summed E-state index contributed by atoms with van der Waals surface area (Å²) in [5.74, 6) is 0. The lowest BCUT2D eigenvalue weighted by atomic mass is 10.3. The van der Waals surface area contributed by atoms with Crippen LogP contribution in [0.15, 0.2) is 17.5 Å². The Labute approximate surface area is 74.5 Å². The van der Waals surface area contributed by atoms with Crippen LogP contribution < -0.4 is 0 Å². The van der Waals surface area contributed by atoms with Crippen LogP contribution in [0.1, 0.15) is 18.2 Å². The molecule has 11 heavy (non-hydrogen) atoms. The Morgan fingerprint density at radius 3 is 3.00 bits per heavy atom. The molecule has 0 N–H and O–H groups in total. The topological polar surface area (TPSA) is 0 Å². The van der Waals surface area contributed by atoms with Gasteiger partial charge in [0, 0.05) is 14.3 Å². The van der Waals surface area contributed by atoms with Crippen molar-refractivity contribution in [2.45, 2.75) is 19.8 Å². The number of hydrogen-bond acceptors (Lipinski definition) is 2. The molecule has 0 aliphatic carbocycles. The average molecular weight is 182 g/mol. The maximum Gasteiger partial charge on any atom is 0.0453 e. The molecule has 0 atom stereocenters. The Morgan fingerprint density at radius 1 is 1.36 bits per heavy atom. The van der Waals surface area contributed by atoms with Crippen molar-refractivity contribution in [3.05, 3.63) is 22.4 Å². The van der Waals surface area contributed by atoms with Crippen LogP contribution in [0.3, 0.4) is 0 Å². The van der Waals surface area contributed by atoms with E-state index >= 15 is 0 Å². The number of rotatable bonds is 2. The summed E-state index contributed by atoms with van der Waals surface area (Å²) in [5.41, 5.74) is 0. The first-order valence-electron chi connectivity index (χ1n) is 3.86. The molecule has 2 heterocycles. The van der Waals surface area contributed by atoms with E-state index in [1.165, 1.54) is 27.1 Å². The third-order valence-electron chi connectivity index (χ3n) is 1.69. The van der Waals surface area contributed by atoms with Gasteiger partial charge in [0.1, 0.15) is 0 Å². The van der Waals surface area contributed by atoms with Crippen LogP contribution in [0.25, 0.3) is 9.40 Å². The van der Waals surface area contributed by atoms with Gasteiger partial charge in [-0.1, -0.05) is 13.3 Å². The quantitative estimate of drug-likeness (QED) is 0.660. The second kappa shape index (κ2) is 2.95. The van der Waals surface area contributed by atoms with Gasteiger partial charge in [0.25, 0.3) is 0 Å². The molecular formula is C9H10S2. The Balaban J connectivity index is 2.42. The molecule has 0 aliphatic rings.